The van der Waals surface area contributed by atoms with Gasteiger partial charge in [0.15, 0.2) is 0 Å². The van der Waals surface area contributed by atoms with Gasteiger partial charge in [0.05, 0.1) is 6.61 Å². The molecule has 1 aliphatic heterocycles. The SMILES string of the molecule is CCOC(=O)C(CN1CCCCCC1CC)NC1CC1. The zero-order chi connectivity index (χ0) is 14.4. The highest BCUT2D eigenvalue weighted by molar-refractivity contribution is 5.76. The summed E-state index contributed by atoms with van der Waals surface area (Å²) in [6.07, 6.45) is 8.77. The van der Waals surface area contributed by atoms with E-state index in [-0.39, 0.29) is 12.0 Å². The molecule has 0 bridgehead atoms. The Balaban J connectivity index is 1.94. The van der Waals surface area contributed by atoms with E-state index in [1.807, 2.05) is 6.92 Å². The summed E-state index contributed by atoms with van der Waals surface area (Å²) in [7, 11) is 0. The van der Waals surface area contributed by atoms with Gasteiger partial charge in [0.1, 0.15) is 6.04 Å². The van der Waals surface area contributed by atoms with Gasteiger partial charge in [0.2, 0.25) is 0 Å². The van der Waals surface area contributed by atoms with Gasteiger partial charge in [-0.25, -0.2) is 0 Å². The summed E-state index contributed by atoms with van der Waals surface area (Å²) < 4.78 is 5.25. The number of ether oxygens (including phenoxy) is 1. The van der Waals surface area contributed by atoms with E-state index in [0.717, 1.165) is 13.1 Å². The molecule has 0 radical (unpaired) electrons. The van der Waals surface area contributed by atoms with E-state index < -0.39 is 0 Å². The number of hydrogen-bond donors (Lipinski definition) is 1. The second-order valence-corrected chi connectivity index (χ2v) is 6.15. The van der Waals surface area contributed by atoms with Crippen molar-refractivity contribution in [2.75, 3.05) is 19.7 Å². The fourth-order valence-electron chi connectivity index (χ4n) is 3.15. The van der Waals surface area contributed by atoms with Gasteiger partial charge in [-0.05, 0) is 45.6 Å². The predicted octanol–water partition coefficient (Wildman–Crippen LogP) is 2.32. The molecule has 20 heavy (non-hydrogen) atoms. The summed E-state index contributed by atoms with van der Waals surface area (Å²) in [5, 5.41) is 3.47. The van der Waals surface area contributed by atoms with Crippen LogP contribution in [0.25, 0.3) is 0 Å². The summed E-state index contributed by atoms with van der Waals surface area (Å²) >= 11 is 0. The minimum Gasteiger partial charge on any atom is -0.465 e. The molecule has 2 rings (SSSR count). The topological polar surface area (TPSA) is 41.6 Å². The smallest absolute Gasteiger partial charge is 0.324 e. The second kappa shape index (κ2) is 7.99. The van der Waals surface area contributed by atoms with Crippen molar-refractivity contribution < 1.29 is 9.53 Å². The van der Waals surface area contributed by atoms with Gasteiger partial charge in [-0.2, -0.15) is 0 Å². The molecular weight excluding hydrogens is 252 g/mol. The summed E-state index contributed by atoms with van der Waals surface area (Å²) in [6, 6.07) is 1.03. The Morgan fingerprint density at radius 2 is 2.05 bits per heavy atom. The molecule has 1 N–H and O–H groups in total. The third kappa shape index (κ3) is 4.74. The lowest BCUT2D eigenvalue weighted by Gasteiger charge is -2.32. The zero-order valence-electron chi connectivity index (χ0n) is 13.1. The molecule has 1 heterocycles. The number of esters is 1. The molecule has 0 aromatic carbocycles. The van der Waals surface area contributed by atoms with E-state index in [2.05, 4.69) is 17.1 Å². The van der Waals surface area contributed by atoms with Crippen LogP contribution in [0, 0.1) is 0 Å². The number of likely N-dealkylation sites (tertiary alicyclic amines) is 1. The monoisotopic (exact) mass is 282 g/mol. The molecule has 2 atom stereocenters. The molecule has 2 unspecified atom stereocenters. The standard InChI is InChI=1S/C16H30N2O2/c1-3-14-8-6-5-7-11-18(14)12-15(16(19)20-4-2)17-13-9-10-13/h13-15,17H,3-12H2,1-2H3. The summed E-state index contributed by atoms with van der Waals surface area (Å²) in [5.74, 6) is -0.0708. The number of carbonyl (C=O) groups excluding carboxylic acids is 1. The van der Waals surface area contributed by atoms with Crippen molar-refractivity contribution in [3.63, 3.8) is 0 Å². The molecule has 1 saturated heterocycles. The molecule has 0 aromatic heterocycles. The average Bonchev–Trinajstić information content (AvgIpc) is 3.25. The van der Waals surface area contributed by atoms with Gasteiger partial charge < -0.3 is 10.1 Å². The van der Waals surface area contributed by atoms with Crippen LogP contribution in [0.4, 0.5) is 0 Å². The number of nitrogens with one attached hydrogen (secondary N) is 1. The molecule has 1 saturated carbocycles. The Morgan fingerprint density at radius 1 is 1.25 bits per heavy atom. The van der Waals surface area contributed by atoms with Crippen molar-refractivity contribution in [2.45, 2.75) is 76.9 Å². The maximum absolute atomic E-state index is 12.1. The van der Waals surface area contributed by atoms with E-state index in [4.69, 9.17) is 4.74 Å². The maximum Gasteiger partial charge on any atom is 0.324 e. The zero-order valence-corrected chi connectivity index (χ0v) is 13.1. The van der Waals surface area contributed by atoms with E-state index in [1.54, 1.807) is 0 Å². The molecule has 4 nitrogen and oxygen atoms in total. The Morgan fingerprint density at radius 3 is 2.70 bits per heavy atom. The van der Waals surface area contributed by atoms with Crippen molar-refractivity contribution in [1.82, 2.24) is 10.2 Å². The van der Waals surface area contributed by atoms with Crippen LogP contribution in [-0.4, -0.2) is 48.7 Å². The Bertz CT molecular complexity index is 305. The quantitative estimate of drug-likeness (QED) is 0.728. The van der Waals surface area contributed by atoms with Gasteiger partial charge in [-0.15, -0.1) is 0 Å². The third-order valence-electron chi connectivity index (χ3n) is 4.47. The van der Waals surface area contributed by atoms with Crippen LogP contribution < -0.4 is 5.32 Å². The van der Waals surface area contributed by atoms with Crippen molar-refractivity contribution in [3.8, 4) is 0 Å². The minimum absolute atomic E-state index is 0.0708. The van der Waals surface area contributed by atoms with Crippen LogP contribution in [0.3, 0.4) is 0 Å². The molecule has 4 heteroatoms. The molecule has 0 amide bonds. The van der Waals surface area contributed by atoms with E-state index in [9.17, 15) is 4.79 Å². The van der Waals surface area contributed by atoms with Gasteiger partial charge in [-0.3, -0.25) is 9.69 Å². The second-order valence-electron chi connectivity index (χ2n) is 6.15. The Hall–Kier alpha value is -0.610. The molecule has 1 aliphatic carbocycles. The lowest BCUT2D eigenvalue weighted by atomic mass is 10.1. The van der Waals surface area contributed by atoms with Crippen molar-refractivity contribution in [2.24, 2.45) is 0 Å². The Labute approximate surface area is 123 Å². The molecule has 116 valence electrons. The number of hydrogen-bond acceptors (Lipinski definition) is 4. The summed E-state index contributed by atoms with van der Waals surface area (Å²) in [6.45, 7) is 6.55. The largest absolute Gasteiger partial charge is 0.465 e. The first-order chi connectivity index (χ1) is 9.74. The highest BCUT2D eigenvalue weighted by atomic mass is 16.5. The molecule has 0 spiro atoms. The van der Waals surface area contributed by atoms with Crippen LogP contribution in [0.5, 0.6) is 0 Å². The highest BCUT2D eigenvalue weighted by Crippen LogP contribution is 2.22. The highest BCUT2D eigenvalue weighted by Gasteiger charge is 2.32. The summed E-state index contributed by atoms with van der Waals surface area (Å²) in [5.41, 5.74) is 0. The maximum atomic E-state index is 12.1. The first-order valence-electron chi connectivity index (χ1n) is 8.41. The van der Waals surface area contributed by atoms with Crippen LogP contribution in [0.2, 0.25) is 0 Å². The van der Waals surface area contributed by atoms with Gasteiger partial charge in [0.25, 0.3) is 0 Å². The third-order valence-corrected chi connectivity index (χ3v) is 4.47. The fraction of sp³-hybridized carbons (Fsp3) is 0.938. The lowest BCUT2D eigenvalue weighted by molar-refractivity contribution is -0.146. The van der Waals surface area contributed by atoms with E-state index in [1.165, 1.54) is 44.9 Å². The molecule has 2 fully saturated rings. The number of rotatable bonds is 7. The molecule has 0 aromatic rings. The van der Waals surface area contributed by atoms with Crippen molar-refractivity contribution in [3.05, 3.63) is 0 Å². The lowest BCUT2D eigenvalue weighted by Crippen LogP contribution is -2.50. The first kappa shape index (κ1) is 15.8. The van der Waals surface area contributed by atoms with Crippen LogP contribution in [0.15, 0.2) is 0 Å². The first-order valence-corrected chi connectivity index (χ1v) is 8.41. The normalized spacial score (nSPS) is 26.0. The van der Waals surface area contributed by atoms with Crippen LogP contribution in [-0.2, 0) is 9.53 Å². The van der Waals surface area contributed by atoms with E-state index in [0.29, 0.717) is 18.7 Å². The molecular formula is C16H30N2O2. The van der Waals surface area contributed by atoms with E-state index >= 15 is 0 Å². The van der Waals surface area contributed by atoms with Crippen molar-refractivity contribution in [1.29, 1.82) is 0 Å². The van der Waals surface area contributed by atoms with Crippen LogP contribution in [0.1, 0.15) is 58.8 Å². The molecule has 2 aliphatic rings. The number of carbonyl (C=O) groups is 1. The fourth-order valence-corrected chi connectivity index (χ4v) is 3.15. The average molecular weight is 282 g/mol. The number of nitrogens with zero attached hydrogens (tertiary/aromatic N) is 1. The minimum atomic E-state index is -0.144. The van der Waals surface area contributed by atoms with Gasteiger partial charge >= 0.3 is 5.97 Å². The van der Waals surface area contributed by atoms with Crippen LogP contribution >= 0.6 is 0 Å². The van der Waals surface area contributed by atoms with Gasteiger partial charge in [-0.1, -0.05) is 19.8 Å². The van der Waals surface area contributed by atoms with Gasteiger partial charge in [0, 0.05) is 18.6 Å². The summed E-state index contributed by atoms with van der Waals surface area (Å²) in [4.78, 5) is 14.7. The Kier molecular flexibility index (Phi) is 6.30. The predicted molar refractivity (Wildman–Crippen MR) is 80.7 cm³/mol. The van der Waals surface area contributed by atoms with Crippen molar-refractivity contribution >= 4 is 5.97 Å².